The molecule has 4 aromatic rings. The molecule has 1 aliphatic rings. The second-order valence-electron chi connectivity index (χ2n) is 8.71. The zero-order valence-corrected chi connectivity index (χ0v) is 21.6. The molecule has 0 saturated carbocycles. The van der Waals surface area contributed by atoms with E-state index in [2.05, 4.69) is 0 Å². The molecular formula is C30H25N3O4S. The number of nitrogens with zero attached hydrogens (tertiary/aromatic N) is 3. The lowest BCUT2D eigenvalue weighted by atomic mass is 10.0. The van der Waals surface area contributed by atoms with Crippen LogP contribution in [0.3, 0.4) is 0 Å². The van der Waals surface area contributed by atoms with E-state index in [1.807, 2.05) is 79.7 Å². The summed E-state index contributed by atoms with van der Waals surface area (Å²) in [6.07, 6.45) is 2.70. The summed E-state index contributed by atoms with van der Waals surface area (Å²) in [5, 5.41) is 13.6. The molecule has 0 bridgehead atoms. The zero-order valence-electron chi connectivity index (χ0n) is 20.7. The Balaban J connectivity index is 1.51. The van der Waals surface area contributed by atoms with Crippen LogP contribution in [0.25, 0.3) is 16.8 Å². The van der Waals surface area contributed by atoms with E-state index in [9.17, 15) is 14.9 Å². The standard InChI is InChI=1S/C30H25N3O4S/c1-2-18-32-29(34)28(38-30(32)31-23-9-4-3-5-10-23)19-26-25-11-7-6-8-22(25)14-17-27(26)37-20-21-12-15-24(16-13-21)33(35)36/h3-17,19H,2,18,20H2,1H3/b28-19+,31-30?. The highest BCUT2D eigenvalue weighted by Gasteiger charge is 2.33. The average Bonchev–Trinajstić information content (AvgIpc) is 3.22. The van der Waals surface area contributed by atoms with Crippen molar-refractivity contribution in [2.24, 2.45) is 4.99 Å². The molecule has 1 fully saturated rings. The molecule has 5 rings (SSSR count). The fourth-order valence-corrected chi connectivity index (χ4v) is 5.19. The Hall–Kier alpha value is -4.43. The summed E-state index contributed by atoms with van der Waals surface area (Å²) in [6, 6.07) is 27.7. The maximum atomic E-state index is 13.5. The van der Waals surface area contributed by atoms with Crippen LogP contribution in [0.1, 0.15) is 24.5 Å². The van der Waals surface area contributed by atoms with Crippen molar-refractivity contribution in [1.29, 1.82) is 0 Å². The molecule has 1 amide bonds. The fraction of sp³-hybridized carbons (Fsp3) is 0.133. The van der Waals surface area contributed by atoms with Crippen molar-refractivity contribution in [3.63, 3.8) is 0 Å². The van der Waals surface area contributed by atoms with E-state index in [0.717, 1.165) is 34.0 Å². The van der Waals surface area contributed by atoms with Crippen LogP contribution in [-0.2, 0) is 11.4 Å². The van der Waals surface area contributed by atoms with Crippen molar-refractivity contribution in [2.45, 2.75) is 20.0 Å². The first-order chi connectivity index (χ1) is 18.5. The van der Waals surface area contributed by atoms with Gasteiger partial charge in [-0.1, -0.05) is 55.5 Å². The van der Waals surface area contributed by atoms with Crippen molar-refractivity contribution >= 4 is 51.1 Å². The monoisotopic (exact) mass is 523 g/mol. The third-order valence-electron chi connectivity index (χ3n) is 6.06. The number of amidine groups is 1. The highest BCUT2D eigenvalue weighted by molar-refractivity contribution is 8.18. The van der Waals surface area contributed by atoms with Crippen molar-refractivity contribution in [3.8, 4) is 5.75 Å². The van der Waals surface area contributed by atoms with Crippen LogP contribution in [0.15, 0.2) is 101 Å². The van der Waals surface area contributed by atoms with E-state index >= 15 is 0 Å². The number of benzene rings is 4. The van der Waals surface area contributed by atoms with E-state index in [0.29, 0.717) is 22.4 Å². The first-order valence-electron chi connectivity index (χ1n) is 12.3. The maximum Gasteiger partial charge on any atom is 0.269 e. The van der Waals surface area contributed by atoms with Gasteiger partial charge in [0, 0.05) is 24.2 Å². The van der Waals surface area contributed by atoms with Crippen molar-refractivity contribution < 1.29 is 14.5 Å². The van der Waals surface area contributed by atoms with Gasteiger partial charge in [-0.2, -0.15) is 0 Å². The van der Waals surface area contributed by atoms with Gasteiger partial charge in [0.15, 0.2) is 5.17 Å². The molecule has 8 heteroatoms. The van der Waals surface area contributed by atoms with E-state index in [4.69, 9.17) is 9.73 Å². The molecule has 0 unspecified atom stereocenters. The molecule has 0 aliphatic carbocycles. The van der Waals surface area contributed by atoms with Crippen LogP contribution in [0, 0.1) is 10.1 Å². The second kappa shape index (κ2) is 11.3. The lowest BCUT2D eigenvalue weighted by molar-refractivity contribution is -0.384. The molecule has 4 aromatic carbocycles. The number of amides is 1. The Morgan fingerprint density at radius 1 is 0.974 bits per heavy atom. The molecule has 0 atom stereocenters. The number of carbonyl (C=O) groups excluding carboxylic acids is 1. The van der Waals surface area contributed by atoms with E-state index in [-0.39, 0.29) is 18.2 Å². The number of hydrogen-bond donors (Lipinski definition) is 0. The lowest BCUT2D eigenvalue weighted by Crippen LogP contribution is -2.29. The second-order valence-corrected chi connectivity index (χ2v) is 9.72. The van der Waals surface area contributed by atoms with Crippen molar-refractivity contribution in [1.82, 2.24) is 4.90 Å². The van der Waals surface area contributed by atoms with Crippen molar-refractivity contribution in [2.75, 3.05) is 6.54 Å². The van der Waals surface area contributed by atoms with Gasteiger partial charge in [0.05, 0.1) is 15.5 Å². The Labute approximate surface area is 224 Å². The van der Waals surface area contributed by atoms with Gasteiger partial charge in [-0.15, -0.1) is 0 Å². The number of thioether (sulfide) groups is 1. The topological polar surface area (TPSA) is 85.0 Å². The molecule has 1 heterocycles. The normalized spacial score (nSPS) is 15.5. The number of aliphatic imine (C=N–C) groups is 1. The van der Waals surface area contributed by atoms with E-state index < -0.39 is 4.92 Å². The first kappa shape index (κ1) is 25.2. The van der Waals surface area contributed by atoms with Crippen LogP contribution in [-0.4, -0.2) is 27.4 Å². The number of fused-ring (bicyclic) bond motifs is 1. The van der Waals surface area contributed by atoms with E-state index in [1.54, 1.807) is 17.0 Å². The maximum absolute atomic E-state index is 13.5. The van der Waals surface area contributed by atoms with Crippen LogP contribution >= 0.6 is 11.8 Å². The first-order valence-corrected chi connectivity index (χ1v) is 13.1. The number of rotatable bonds is 8. The Bertz CT molecular complexity index is 1550. The molecule has 38 heavy (non-hydrogen) atoms. The number of nitro benzene ring substituents is 1. The van der Waals surface area contributed by atoms with Gasteiger partial charge in [-0.25, -0.2) is 4.99 Å². The quantitative estimate of drug-likeness (QED) is 0.137. The van der Waals surface area contributed by atoms with Gasteiger partial charge in [0.25, 0.3) is 11.6 Å². The van der Waals surface area contributed by atoms with Crippen LogP contribution < -0.4 is 4.74 Å². The molecule has 7 nitrogen and oxygen atoms in total. The van der Waals surface area contributed by atoms with Gasteiger partial charge in [-0.3, -0.25) is 19.8 Å². The number of para-hydroxylation sites is 1. The minimum Gasteiger partial charge on any atom is -0.488 e. The predicted molar refractivity (Wildman–Crippen MR) is 152 cm³/mol. The van der Waals surface area contributed by atoms with Gasteiger partial charge in [0.1, 0.15) is 12.4 Å². The SMILES string of the molecule is CCCN1C(=O)/C(=C\c2c(OCc3ccc([N+](=O)[O-])cc3)ccc3ccccc23)SC1=Nc1ccccc1. The number of ether oxygens (including phenoxy) is 1. The summed E-state index contributed by atoms with van der Waals surface area (Å²) in [4.78, 5) is 31.1. The van der Waals surface area contributed by atoms with Gasteiger partial charge in [-0.05, 0) is 70.9 Å². The molecule has 1 saturated heterocycles. The van der Waals surface area contributed by atoms with Crippen molar-refractivity contribution in [3.05, 3.63) is 117 Å². The number of carbonyl (C=O) groups is 1. The van der Waals surface area contributed by atoms with Crippen LogP contribution in [0.4, 0.5) is 11.4 Å². The smallest absolute Gasteiger partial charge is 0.269 e. The molecule has 0 radical (unpaired) electrons. The van der Waals surface area contributed by atoms with Crippen LogP contribution in [0.2, 0.25) is 0 Å². The van der Waals surface area contributed by atoms with E-state index in [1.165, 1.54) is 23.9 Å². The third kappa shape index (κ3) is 5.45. The average molecular weight is 524 g/mol. The Kier molecular flexibility index (Phi) is 7.51. The van der Waals surface area contributed by atoms with Gasteiger partial charge < -0.3 is 4.74 Å². The minimum absolute atomic E-state index is 0.0336. The molecule has 0 aromatic heterocycles. The molecule has 0 spiro atoms. The van der Waals surface area contributed by atoms with Gasteiger partial charge >= 0.3 is 0 Å². The predicted octanol–water partition coefficient (Wildman–Crippen LogP) is 7.34. The molecule has 190 valence electrons. The summed E-state index contributed by atoms with van der Waals surface area (Å²) in [5.41, 5.74) is 2.44. The fourth-order valence-electron chi connectivity index (χ4n) is 4.18. The van der Waals surface area contributed by atoms with Gasteiger partial charge in [0.2, 0.25) is 0 Å². The largest absolute Gasteiger partial charge is 0.488 e. The number of nitro groups is 1. The highest BCUT2D eigenvalue weighted by Crippen LogP contribution is 2.38. The summed E-state index contributed by atoms with van der Waals surface area (Å²) in [5.74, 6) is 0.541. The summed E-state index contributed by atoms with van der Waals surface area (Å²) in [6.45, 7) is 2.85. The summed E-state index contributed by atoms with van der Waals surface area (Å²) < 4.78 is 6.20. The molecular weight excluding hydrogens is 498 g/mol. The third-order valence-corrected chi connectivity index (χ3v) is 7.07. The summed E-state index contributed by atoms with van der Waals surface area (Å²) in [7, 11) is 0. The Morgan fingerprint density at radius 2 is 1.71 bits per heavy atom. The number of non-ortho nitro benzene ring substituents is 1. The summed E-state index contributed by atoms with van der Waals surface area (Å²) >= 11 is 1.36. The lowest BCUT2D eigenvalue weighted by Gasteiger charge is -2.14. The number of hydrogen-bond acceptors (Lipinski definition) is 6. The molecule has 0 N–H and O–H groups in total. The Morgan fingerprint density at radius 3 is 2.45 bits per heavy atom. The minimum atomic E-state index is -0.425. The highest BCUT2D eigenvalue weighted by atomic mass is 32.2. The van der Waals surface area contributed by atoms with Crippen LogP contribution in [0.5, 0.6) is 5.75 Å². The zero-order chi connectivity index (χ0) is 26.5. The molecule has 1 aliphatic heterocycles.